The molecule has 0 radical (unpaired) electrons. The Morgan fingerprint density at radius 1 is 1.38 bits per heavy atom. The molecule has 2 aromatic rings. The molecule has 0 unspecified atom stereocenters. The lowest BCUT2D eigenvalue weighted by Crippen LogP contribution is -2.47. The summed E-state index contributed by atoms with van der Waals surface area (Å²) in [6.07, 6.45) is 0.992. The van der Waals surface area contributed by atoms with Crippen LogP contribution in [0.1, 0.15) is 37.2 Å². The number of carbonyl (C=O) groups is 2. The third-order valence-electron chi connectivity index (χ3n) is 4.36. The summed E-state index contributed by atoms with van der Waals surface area (Å²) in [4.78, 5) is 23.8. The van der Waals surface area contributed by atoms with E-state index in [2.05, 4.69) is 15.5 Å². The number of carboxylic acid groups (broad SMARTS) is 1. The van der Waals surface area contributed by atoms with Crippen molar-refractivity contribution in [2.24, 2.45) is 0 Å². The van der Waals surface area contributed by atoms with Crippen LogP contribution in [0, 0.1) is 13.8 Å². The molecule has 0 fully saturated rings. The van der Waals surface area contributed by atoms with Gasteiger partial charge in [0.25, 0.3) is 0 Å². The molecule has 8 nitrogen and oxygen atoms in total. The second-order valence-electron chi connectivity index (χ2n) is 5.91. The molecule has 0 spiro atoms. The average molecular weight is 331 g/mol. The molecule has 0 saturated heterocycles. The van der Waals surface area contributed by atoms with Crippen LogP contribution in [0.25, 0.3) is 5.69 Å². The number of hydrogen-bond donors (Lipinski definition) is 1. The van der Waals surface area contributed by atoms with Crippen LogP contribution in [-0.2, 0) is 15.1 Å². The summed E-state index contributed by atoms with van der Waals surface area (Å²) in [5.41, 5.74) is 1.85. The number of tetrazole rings is 1. The highest BCUT2D eigenvalue weighted by molar-refractivity contribution is 5.72. The molecule has 0 saturated carbocycles. The Kier molecular flexibility index (Phi) is 4.96. The van der Waals surface area contributed by atoms with Crippen LogP contribution in [0.3, 0.4) is 0 Å². The second kappa shape index (κ2) is 6.77. The number of carbonyl (C=O) groups excluding carboxylic acids is 1. The molecule has 24 heavy (non-hydrogen) atoms. The molecule has 1 N–H and O–H groups in total. The maximum absolute atomic E-state index is 11.5. The van der Waals surface area contributed by atoms with Crippen LogP contribution >= 0.6 is 0 Å². The number of aliphatic carboxylic acids is 1. The number of amides is 1. The Labute approximate surface area is 140 Å². The third kappa shape index (κ3) is 2.99. The summed E-state index contributed by atoms with van der Waals surface area (Å²) >= 11 is 0. The molecule has 8 heteroatoms. The highest BCUT2D eigenvalue weighted by Crippen LogP contribution is 2.31. The van der Waals surface area contributed by atoms with Crippen molar-refractivity contribution in [2.45, 2.75) is 39.7 Å². The normalized spacial score (nSPS) is 13.3. The lowest BCUT2D eigenvalue weighted by Gasteiger charge is -2.36. The number of para-hydroxylation sites is 1. The predicted octanol–water partition coefficient (Wildman–Crippen LogP) is 1.45. The molecule has 1 heterocycles. The van der Waals surface area contributed by atoms with Crippen LogP contribution < -0.4 is 0 Å². The van der Waals surface area contributed by atoms with E-state index in [1.807, 2.05) is 39.0 Å². The van der Waals surface area contributed by atoms with Crippen molar-refractivity contribution in [1.29, 1.82) is 0 Å². The smallest absolute Gasteiger partial charge is 0.323 e. The van der Waals surface area contributed by atoms with E-state index in [1.54, 1.807) is 11.6 Å². The molecule has 0 aliphatic carbocycles. The van der Waals surface area contributed by atoms with E-state index in [-0.39, 0.29) is 0 Å². The minimum atomic E-state index is -1.09. The van der Waals surface area contributed by atoms with Gasteiger partial charge in [0.15, 0.2) is 5.82 Å². The van der Waals surface area contributed by atoms with Crippen LogP contribution in [0.4, 0.5) is 0 Å². The molecule has 1 aromatic heterocycles. The van der Waals surface area contributed by atoms with Gasteiger partial charge in [0.2, 0.25) is 6.41 Å². The number of aryl methyl sites for hydroxylation is 2. The first-order valence-corrected chi connectivity index (χ1v) is 7.64. The van der Waals surface area contributed by atoms with Gasteiger partial charge in [0.05, 0.1) is 5.69 Å². The van der Waals surface area contributed by atoms with Crippen molar-refractivity contribution >= 4 is 12.4 Å². The number of carboxylic acids is 1. The summed E-state index contributed by atoms with van der Waals surface area (Å²) in [5.74, 6) is -0.663. The maximum atomic E-state index is 11.5. The van der Waals surface area contributed by atoms with E-state index >= 15 is 0 Å². The standard InChI is InChI=1S/C16H21N5O3/c1-5-16(4,20(10-22)9-13(23)24)15-17-18-19-21(15)14-11(2)7-6-8-12(14)3/h6-8,10H,5,9H2,1-4H3,(H,23,24)/t16-/m1/s1. The minimum Gasteiger partial charge on any atom is -0.480 e. The summed E-state index contributed by atoms with van der Waals surface area (Å²) in [7, 11) is 0. The fourth-order valence-corrected chi connectivity index (χ4v) is 2.78. The summed E-state index contributed by atoms with van der Waals surface area (Å²) in [5, 5.41) is 21.0. The van der Waals surface area contributed by atoms with Gasteiger partial charge < -0.3 is 10.0 Å². The zero-order valence-corrected chi connectivity index (χ0v) is 14.2. The van der Waals surface area contributed by atoms with Gasteiger partial charge in [-0.15, -0.1) is 5.10 Å². The van der Waals surface area contributed by atoms with Crippen LogP contribution in [0.2, 0.25) is 0 Å². The van der Waals surface area contributed by atoms with Crippen molar-refractivity contribution in [3.8, 4) is 5.69 Å². The van der Waals surface area contributed by atoms with Crippen molar-refractivity contribution in [2.75, 3.05) is 6.54 Å². The van der Waals surface area contributed by atoms with Gasteiger partial charge in [0.1, 0.15) is 12.1 Å². The summed E-state index contributed by atoms with van der Waals surface area (Å²) in [6.45, 7) is 7.10. The molecule has 1 amide bonds. The first-order chi connectivity index (χ1) is 11.3. The zero-order valence-electron chi connectivity index (χ0n) is 14.2. The molecule has 1 aromatic carbocycles. The van der Waals surface area contributed by atoms with Gasteiger partial charge in [-0.3, -0.25) is 9.59 Å². The Balaban J connectivity index is 2.62. The number of rotatable bonds is 7. The topological polar surface area (TPSA) is 101 Å². The quantitative estimate of drug-likeness (QED) is 0.771. The fraction of sp³-hybridized carbons (Fsp3) is 0.438. The van der Waals surface area contributed by atoms with Crippen molar-refractivity contribution in [3.63, 3.8) is 0 Å². The van der Waals surface area contributed by atoms with E-state index in [4.69, 9.17) is 5.11 Å². The van der Waals surface area contributed by atoms with Crippen LogP contribution in [-0.4, -0.2) is 49.1 Å². The van der Waals surface area contributed by atoms with Crippen LogP contribution in [0.15, 0.2) is 18.2 Å². The Morgan fingerprint density at radius 3 is 2.50 bits per heavy atom. The number of aromatic nitrogens is 4. The SMILES string of the molecule is CC[C@](C)(c1nnnn1-c1c(C)cccc1C)N(C=O)CC(=O)O. The highest BCUT2D eigenvalue weighted by Gasteiger charge is 2.38. The van der Waals surface area contributed by atoms with Crippen molar-refractivity contribution in [1.82, 2.24) is 25.1 Å². The van der Waals surface area contributed by atoms with E-state index in [1.165, 1.54) is 4.90 Å². The van der Waals surface area contributed by atoms with Gasteiger partial charge in [-0.1, -0.05) is 25.1 Å². The maximum Gasteiger partial charge on any atom is 0.323 e. The van der Waals surface area contributed by atoms with E-state index in [0.29, 0.717) is 18.7 Å². The molecular formula is C16H21N5O3. The highest BCUT2D eigenvalue weighted by atomic mass is 16.4. The van der Waals surface area contributed by atoms with Crippen molar-refractivity contribution in [3.05, 3.63) is 35.2 Å². The first-order valence-electron chi connectivity index (χ1n) is 7.64. The average Bonchev–Trinajstić information content (AvgIpc) is 3.01. The molecule has 0 bridgehead atoms. The number of nitrogens with zero attached hydrogens (tertiary/aromatic N) is 5. The van der Waals surface area contributed by atoms with Gasteiger partial charge in [-0.2, -0.15) is 4.68 Å². The Bertz CT molecular complexity index is 738. The molecule has 128 valence electrons. The number of benzene rings is 1. The van der Waals surface area contributed by atoms with Gasteiger partial charge in [-0.05, 0) is 48.7 Å². The second-order valence-corrected chi connectivity index (χ2v) is 5.91. The Hall–Kier alpha value is -2.77. The van der Waals surface area contributed by atoms with E-state index in [0.717, 1.165) is 16.8 Å². The largest absolute Gasteiger partial charge is 0.480 e. The third-order valence-corrected chi connectivity index (χ3v) is 4.36. The lowest BCUT2D eigenvalue weighted by atomic mass is 9.95. The first kappa shape index (κ1) is 17.6. The van der Waals surface area contributed by atoms with E-state index < -0.39 is 18.1 Å². The zero-order chi connectivity index (χ0) is 17.9. The molecule has 0 aliphatic heterocycles. The lowest BCUT2D eigenvalue weighted by molar-refractivity contribution is -0.144. The predicted molar refractivity (Wildman–Crippen MR) is 86.7 cm³/mol. The van der Waals surface area contributed by atoms with Gasteiger partial charge in [0, 0.05) is 0 Å². The number of hydrogen-bond acceptors (Lipinski definition) is 5. The summed E-state index contributed by atoms with van der Waals surface area (Å²) in [6, 6.07) is 5.84. The molecule has 0 aliphatic rings. The minimum absolute atomic E-state index is 0.423. The summed E-state index contributed by atoms with van der Waals surface area (Å²) < 4.78 is 1.59. The van der Waals surface area contributed by atoms with Gasteiger partial charge >= 0.3 is 5.97 Å². The monoisotopic (exact) mass is 331 g/mol. The van der Waals surface area contributed by atoms with Crippen molar-refractivity contribution < 1.29 is 14.7 Å². The van der Waals surface area contributed by atoms with E-state index in [9.17, 15) is 9.59 Å². The van der Waals surface area contributed by atoms with Gasteiger partial charge in [-0.25, -0.2) is 0 Å². The molecular weight excluding hydrogens is 310 g/mol. The molecule has 2 rings (SSSR count). The Morgan fingerprint density at radius 2 is 2.00 bits per heavy atom. The molecule has 1 atom stereocenters. The van der Waals surface area contributed by atoms with Crippen LogP contribution in [0.5, 0.6) is 0 Å². The fourth-order valence-electron chi connectivity index (χ4n) is 2.78.